The molecule has 120 valence electrons. The van der Waals surface area contributed by atoms with Crippen LogP contribution in [0.1, 0.15) is 23.2 Å². The minimum Gasteiger partial charge on any atom is -0.406 e. The van der Waals surface area contributed by atoms with E-state index in [1.165, 1.54) is 12.1 Å². The van der Waals surface area contributed by atoms with Gasteiger partial charge in [0.2, 0.25) is 0 Å². The Labute approximate surface area is 126 Å². The fraction of sp³-hybridized carbons (Fsp3) is 0.533. The summed E-state index contributed by atoms with van der Waals surface area (Å²) < 4.78 is 40.1. The number of nitrogens with one attached hydrogen (secondary N) is 1. The van der Waals surface area contributed by atoms with Crippen LogP contribution in [0.3, 0.4) is 0 Å². The van der Waals surface area contributed by atoms with Gasteiger partial charge in [0.1, 0.15) is 5.75 Å². The van der Waals surface area contributed by atoms with Crippen molar-refractivity contribution in [2.75, 3.05) is 19.6 Å². The number of nitrogens with zero attached hydrogens (tertiary/aromatic N) is 1. The van der Waals surface area contributed by atoms with Gasteiger partial charge in [0.05, 0.1) is 0 Å². The lowest BCUT2D eigenvalue weighted by Gasteiger charge is -2.44. The van der Waals surface area contributed by atoms with E-state index in [1.54, 1.807) is 0 Å². The lowest BCUT2D eigenvalue weighted by atomic mass is 9.84. The lowest BCUT2D eigenvalue weighted by Crippen LogP contribution is -2.57. The zero-order chi connectivity index (χ0) is 15.7. The van der Waals surface area contributed by atoms with E-state index in [2.05, 4.69) is 15.0 Å². The minimum absolute atomic E-state index is 0.126. The normalized spacial score (nSPS) is 27.5. The van der Waals surface area contributed by atoms with E-state index in [0.717, 1.165) is 44.6 Å². The topological polar surface area (TPSA) is 41.6 Å². The summed E-state index contributed by atoms with van der Waals surface area (Å²) in [6.07, 6.45) is -2.55. The molecular weight excluding hydrogens is 297 g/mol. The standard InChI is InChI=1S/C15H17F3N2O2/c16-15(17,18)22-12-3-1-11(2-4-12)14(21)19-13-9-20-7-5-10(13)6-8-20/h1-4,10,13H,5-9H2,(H,19,21)/t13-/m1/s1. The van der Waals surface area contributed by atoms with Crippen LogP contribution in [0, 0.1) is 5.92 Å². The summed E-state index contributed by atoms with van der Waals surface area (Å²) in [5.41, 5.74) is 0.339. The third kappa shape index (κ3) is 3.52. The number of rotatable bonds is 3. The number of ether oxygens (including phenoxy) is 1. The summed E-state index contributed by atoms with van der Waals surface area (Å²) in [6, 6.07) is 5.12. The molecule has 1 N–H and O–H groups in total. The molecule has 3 aliphatic rings. The van der Waals surface area contributed by atoms with Crippen LogP contribution in [-0.4, -0.2) is 42.8 Å². The number of amides is 1. The van der Waals surface area contributed by atoms with Crippen LogP contribution in [0.15, 0.2) is 24.3 Å². The van der Waals surface area contributed by atoms with Gasteiger partial charge in [0.25, 0.3) is 5.91 Å². The smallest absolute Gasteiger partial charge is 0.406 e. The molecule has 0 spiro atoms. The van der Waals surface area contributed by atoms with E-state index < -0.39 is 6.36 Å². The summed E-state index contributed by atoms with van der Waals surface area (Å²) in [4.78, 5) is 14.5. The van der Waals surface area contributed by atoms with Gasteiger partial charge in [-0.3, -0.25) is 4.79 Å². The number of carbonyl (C=O) groups excluding carboxylic acids is 1. The number of hydrogen-bond donors (Lipinski definition) is 1. The van der Waals surface area contributed by atoms with Crippen molar-refractivity contribution in [3.8, 4) is 5.75 Å². The van der Waals surface area contributed by atoms with Gasteiger partial charge in [-0.15, -0.1) is 13.2 Å². The number of hydrogen-bond acceptors (Lipinski definition) is 3. The second-order valence-electron chi connectivity index (χ2n) is 5.79. The minimum atomic E-state index is -4.72. The van der Waals surface area contributed by atoms with Crippen molar-refractivity contribution < 1.29 is 22.7 Å². The third-order valence-corrected chi connectivity index (χ3v) is 4.32. The fourth-order valence-corrected chi connectivity index (χ4v) is 3.19. The average molecular weight is 314 g/mol. The molecular formula is C15H17F3N2O2. The van der Waals surface area contributed by atoms with Crippen LogP contribution in [0.4, 0.5) is 13.2 Å². The van der Waals surface area contributed by atoms with Gasteiger partial charge in [-0.25, -0.2) is 0 Å². The van der Waals surface area contributed by atoms with E-state index >= 15 is 0 Å². The Bertz CT molecular complexity index is 537. The molecule has 0 unspecified atom stereocenters. The Hall–Kier alpha value is -1.76. The summed E-state index contributed by atoms with van der Waals surface area (Å²) >= 11 is 0. The van der Waals surface area contributed by atoms with Crippen LogP contribution in [0.2, 0.25) is 0 Å². The summed E-state index contributed by atoms with van der Waals surface area (Å²) in [7, 11) is 0. The average Bonchev–Trinajstić information content (AvgIpc) is 2.47. The van der Waals surface area contributed by atoms with Gasteiger partial charge in [0.15, 0.2) is 0 Å². The summed E-state index contributed by atoms with van der Waals surface area (Å²) in [5, 5.41) is 2.99. The molecule has 3 fully saturated rings. The molecule has 4 nitrogen and oxygen atoms in total. The Morgan fingerprint density at radius 2 is 1.82 bits per heavy atom. The van der Waals surface area contributed by atoms with Crippen molar-refractivity contribution in [2.24, 2.45) is 5.92 Å². The molecule has 3 heterocycles. The number of benzene rings is 1. The van der Waals surface area contributed by atoms with E-state index in [4.69, 9.17) is 0 Å². The maximum Gasteiger partial charge on any atom is 0.573 e. The largest absolute Gasteiger partial charge is 0.573 e. The van der Waals surface area contributed by atoms with Crippen LogP contribution >= 0.6 is 0 Å². The first-order chi connectivity index (χ1) is 10.4. The highest BCUT2D eigenvalue weighted by Gasteiger charge is 2.35. The van der Waals surface area contributed by atoms with Gasteiger partial charge in [-0.05, 0) is 56.1 Å². The second-order valence-corrected chi connectivity index (χ2v) is 5.79. The predicted octanol–water partition coefficient (Wildman–Crippen LogP) is 2.41. The molecule has 1 aromatic carbocycles. The summed E-state index contributed by atoms with van der Waals surface area (Å²) in [6.45, 7) is 3.02. The predicted molar refractivity (Wildman–Crippen MR) is 73.5 cm³/mol. The highest BCUT2D eigenvalue weighted by molar-refractivity contribution is 5.94. The molecule has 0 aliphatic carbocycles. The Morgan fingerprint density at radius 1 is 1.18 bits per heavy atom. The van der Waals surface area contributed by atoms with E-state index in [-0.39, 0.29) is 17.7 Å². The van der Waals surface area contributed by atoms with Gasteiger partial charge in [0, 0.05) is 18.2 Å². The molecule has 1 aromatic rings. The number of carbonyl (C=O) groups is 1. The third-order valence-electron chi connectivity index (χ3n) is 4.32. The molecule has 7 heteroatoms. The first kappa shape index (κ1) is 15.1. The lowest BCUT2D eigenvalue weighted by molar-refractivity contribution is -0.274. The monoisotopic (exact) mass is 314 g/mol. The molecule has 22 heavy (non-hydrogen) atoms. The molecule has 3 saturated heterocycles. The number of piperidine rings is 3. The van der Waals surface area contributed by atoms with Gasteiger partial charge in [-0.1, -0.05) is 0 Å². The molecule has 0 radical (unpaired) electrons. The number of alkyl halides is 3. The van der Waals surface area contributed by atoms with Crippen LogP contribution in [-0.2, 0) is 0 Å². The second kappa shape index (κ2) is 5.79. The molecule has 3 aliphatic heterocycles. The molecule has 1 amide bonds. The van der Waals surface area contributed by atoms with Crippen molar-refractivity contribution in [1.29, 1.82) is 0 Å². The van der Waals surface area contributed by atoms with Crippen molar-refractivity contribution in [2.45, 2.75) is 25.2 Å². The highest BCUT2D eigenvalue weighted by atomic mass is 19.4. The maximum atomic E-state index is 12.2. The SMILES string of the molecule is O=C(N[C@@H]1CN2CCC1CC2)c1ccc(OC(F)(F)F)cc1. The Kier molecular flexibility index (Phi) is 3.99. The van der Waals surface area contributed by atoms with Crippen molar-refractivity contribution in [1.82, 2.24) is 10.2 Å². The zero-order valence-electron chi connectivity index (χ0n) is 11.9. The quantitative estimate of drug-likeness (QED) is 0.931. The zero-order valence-corrected chi connectivity index (χ0v) is 11.9. The van der Waals surface area contributed by atoms with Crippen LogP contribution in [0.5, 0.6) is 5.75 Å². The van der Waals surface area contributed by atoms with Crippen molar-refractivity contribution in [3.05, 3.63) is 29.8 Å². The molecule has 4 rings (SSSR count). The fourth-order valence-electron chi connectivity index (χ4n) is 3.19. The van der Waals surface area contributed by atoms with E-state index in [0.29, 0.717) is 11.5 Å². The highest BCUT2D eigenvalue weighted by Crippen LogP contribution is 2.28. The summed E-state index contributed by atoms with van der Waals surface area (Å²) in [5.74, 6) is -0.0778. The molecule has 1 atom stereocenters. The molecule has 2 bridgehead atoms. The van der Waals surface area contributed by atoms with Crippen molar-refractivity contribution >= 4 is 5.91 Å². The van der Waals surface area contributed by atoms with Crippen LogP contribution in [0.25, 0.3) is 0 Å². The van der Waals surface area contributed by atoms with Crippen molar-refractivity contribution in [3.63, 3.8) is 0 Å². The van der Waals surface area contributed by atoms with Gasteiger partial charge >= 0.3 is 6.36 Å². The molecule has 0 aromatic heterocycles. The molecule has 0 saturated carbocycles. The number of halogens is 3. The maximum absolute atomic E-state index is 12.2. The Balaban J connectivity index is 1.60. The number of fused-ring (bicyclic) bond motifs is 3. The van der Waals surface area contributed by atoms with E-state index in [1.807, 2.05) is 0 Å². The van der Waals surface area contributed by atoms with E-state index in [9.17, 15) is 18.0 Å². The Morgan fingerprint density at radius 3 is 2.32 bits per heavy atom. The first-order valence-electron chi connectivity index (χ1n) is 7.30. The van der Waals surface area contributed by atoms with Gasteiger partial charge < -0.3 is 15.0 Å². The van der Waals surface area contributed by atoms with Crippen LogP contribution < -0.4 is 10.1 Å². The van der Waals surface area contributed by atoms with Gasteiger partial charge in [-0.2, -0.15) is 0 Å². The first-order valence-corrected chi connectivity index (χ1v) is 7.30.